The normalized spacial score (nSPS) is 12.0. The second-order valence-electron chi connectivity index (χ2n) is 5.91. The zero-order chi connectivity index (χ0) is 17.7. The van der Waals surface area contributed by atoms with Crippen molar-refractivity contribution in [1.29, 1.82) is 0 Å². The van der Waals surface area contributed by atoms with E-state index >= 15 is 0 Å². The van der Waals surface area contributed by atoms with Crippen molar-refractivity contribution in [2.75, 3.05) is 5.73 Å². The number of carbonyl (C=O) groups is 1. The Hall–Kier alpha value is -2.63. The summed E-state index contributed by atoms with van der Waals surface area (Å²) in [6.45, 7) is 6.03. The lowest BCUT2D eigenvalue weighted by Gasteiger charge is -2.12. The van der Waals surface area contributed by atoms with Gasteiger partial charge in [0.25, 0.3) is 5.91 Å². The van der Waals surface area contributed by atoms with E-state index in [4.69, 9.17) is 10.2 Å². The molecule has 24 heavy (non-hydrogen) atoms. The molecule has 2 aromatic heterocycles. The molecule has 0 radical (unpaired) electrons. The van der Waals surface area contributed by atoms with E-state index in [1.165, 1.54) is 0 Å². The van der Waals surface area contributed by atoms with Gasteiger partial charge in [-0.2, -0.15) is 0 Å². The number of hydrogen-bond donors (Lipinski definition) is 2. The first-order valence-corrected chi connectivity index (χ1v) is 8.06. The second-order valence-corrected chi connectivity index (χ2v) is 5.91. The lowest BCUT2D eigenvalue weighted by Crippen LogP contribution is -2.29. The van der Waals surface area contributed by atoms with Crippen LogP contribution < -0.4 is 16.7 Å². The molecule has 0 spiro atoms. The number of nitrogens with two attached hydrogens (primary N) is 1. The number of aryl methyl sites for hydroxylation is 1. The highest BCUT2D eigenvalue weighted by molar-refractivity contribution is 5.95. The highest BCUT2D eigenvalue weighted by Gasteiger charge is 2.19. The molecule has 0 bridgehead atoms. The molecule has 6 nitrogen and oxygen atoms in total. The van der Waals surface area contributed by atoms with E-state index in [2.05, 4.69) is 17.2 Å². The Morgan fingerprint density at radius 3 is 2.83 bits per heavy atom. The summed E-state index contributed by atoms with van der Waals surface area (Å²) in [5.41, 5.74) is 6.48. The van der Waals surface area contributed by atoms with E-state index in [0.29, 0.717) is 22.7 Å². The molecule has 6 heteroatoms. The van der Waals surface area contributed by atoms with Gasteiger partial charge in [0.2, 0.25) is 0 Å². The molecule has 0 aliphatic heterocycles. The summed E-state index contributed by atoms with van der Waals surface area (Å²) in [6, 6.07) is 5.28. The number of nitrogen functional groups attached to an aromatic ring is 1. The summed E-state index contributed by atoms with van der Waals surface area (Å²) in [5, 5.41) is 2.69. The molecule has 128 valence electrons. The molecule has 2 aromatic rings. The van der Waals surface area contributed by atoms with Crippen molar-refractivity contribution in [3.63, 3.8) is 0 Å². The van der Waals surface area contributed by atoms with Crippen LogP contribution in [0.25, 0.3) is 0 Å². The molecule has 1 unspecified atom stereocenters. The maximum Gasteiger partial charge on any atom is 0.349 e. The largest absolute Gasteiger partial charge is 0.427 e. The topological polar surface area (TPSA) is 98.2 Å². The quantitative estimate of drug-likeness (QED) is 0.849. The predicted octanol–water partition coefficient (Wildman–Crippen LogP) is 2.76. The number of rotatable bonds is 6. The summed E-state index contributed by atoms with van der Waals surface area (Å²) in [7, 11) is 0. The monoisotopic (exact) mass is 329 g/mol. The molecular formula is C18H23N3O3. The predicted molar refractivity (Wildman–Crippen MR) is 92.9 cm³/mol. The standard InChI is InChI=1S/C18H23N3O3/c1-4-6-11(2)14-9-12(3)15(18(23)24-14)17(22)21-10-13-7-5-8-20-16(13)19/h5,7-9,11H,4,6,10H2,1-3H3,(H2,19,20)(H,21,22). The minimum Gasteiger partial charge on any atom is -0.427 e. The highest BCUT2D eigenvalue weighted by atomic mass is 16.4. The molecule has 2 heterocycles. The maximum atomic E-state index is 12.3. The lowest BCUT2D eigenvalue weighted by atomic mass is 10.0. The molecule has 2 rings (SSSR count). The zero-order valence-electron chi connectivity index (χ0n) is 14.3. The van der Waals surface area contributed by atoms with Crippen LogP contribution in [0, 0.1) is 6.92 Å². The third-order valence-electron chi connectivity index (χ3n) is 3.97. The SMILES string of the molecule is CCCC(C)c1cc(C)c(C(=O)NCc2cccnc2N)c(=O)o1. The van der Waals surface area contributed by atoms with Gasteiger partial charge in [0, 0.05) is 24.2 Å². The third-order valence-corrected chi connectivity index (χ3v) is 3.97. The number of aromatic nitrogens is 1. The van der Waals surface area contributed by atoms with E-state index in [9.17, 15) is 9.59 Å². The van der Waals surface area contributed by atoms with E-state index < -0.39 is 11.5 Å². The lowest BCUT2D eigenvalue weighted by molar-refractivity contribution is 0.0945. The smallest absolute Gasteiger partial charge is 0.349 e. The summed E-state index contributed by atoms with van der Waals surface area (Å²) >= 11 is 0. The van der Waals surface area contributed by atoms with Crippen molar-refractivity contribution < 1.29 is 9.21 Å². The Balaban J connectivity index is 2.18. The first-order chi connectivity index (χ1) is 11.4. The number of nitrogens with one attached hydrogen (secondary N) is 1. The third kappa shape index (κ3) is 4.01. The maximum absolute atomic E-state index is 12.3. The molecule has 0 aromatic carbocycles. The summed E-state index contributed by atoms with van der Waals surface area (Å²) in [5.74, 6) is 0.644. The summed E-state index contributed by atoms with van der Waals surface area (Å²) in [6.07, 6.45) is 3.50. The minimum atomic E-state index is -0.607. The summed E-state index contributed by atoms with van der Waals surface area (Å²) < 4.78 is 5.35. The van der Waals surface area contributed by atoms with Crippen LogP contribution in [0.1, 0.15) is 59.9 Å². The first kappa shape index (κ1) is 17.7. The van der Waals surface area contributed by atoms with Gasteiger partial charge < -0.3 is 15.5 Å². The number of anilines is 1. The number of carbonyl (C=O) groups excluding carboxylic acids is 1. The first-order valence-electron chi connectivity index (χ1n) is 8.06. The van der Waals surface area contributed by atoms with E-state index in [1.54, 1.807) is 31.3 Å². The zero-order valence-corrected chi connectivity index (χ0v) is 14.3. The van der Waals surface area contributed by atoms with Crippen LogP contribution in [0.3, 0.4) is 0 Å². The minimum absolute atomic E-state index is 0.0323. The number of amides is 1. The van der Waals surface area contributed by atoms with E-state index in [-0.39, 0.29) is 18.0 Å². The molecule has 0 saturated heterocycles. The Morgan fingerprint density at radius 1 is 1.46 bits per heavy atom. The average molecular weight is 329 g/mol. The molecule has 3 N–H and O–H groups in total. The average Bonchev–Trinajstić information content (AvgIpc) is 2.53. The highest BCUT2D eigenvalue weighted by Crippen LogP contribution is 2.21. The van der Waals surface area contributed by atoms with Gasteiger partial charge in [-0.1, -0.05) is 26.3 Å². The van der Waals surface area contributed by atoms with Crippen LogP contribution in [0.5, 0.6) is 0 Å². The van der Waals surface area contributed by atoms with Gasteiger partial charge in [0.15, 0.2) is 0 Å². The Bertz CT molecular complexity index is 783. The van der Waals surface area contributed by atoms with Crippen LogP contribution in [0.2, 0.25) is 0 Å². The van der Waals surface area contributed by atoms with Crippen molar-refractivity contribution in [1.82, 2.24) is 10.3 Å². The van der Waals surface area contributed by atoms with Gasteiger partial charge in [-0.15, -0.1) is 0 Å². The van der Waals surface area contributed by atoms with Gasteiger partial charge in [0.1, 0.15) is 17.1 Å². The fraction of sp³-hybridized carbons (Fsp3) is 0.389. The van der Waals surface area contributed by atoms with E-state index in [1.807, 2.05) is 6.92 Å². The summed E-state index contributed by atoms with van der Waals surface area (Å²) in [4.78, 5) is 28.5. The molecular weight excluding hydrogens is 306 g/mol. The molecule has 1 amide bonds. The van der Waals surface area contributed by atoms with Gasteiger partial charge in [-0.05, 0) is 31.0 Å². The van der Waals surface area contributed by atoms with Crippen LogP contribution >= 0.6 is 0 Å². The van der Waals surface area contributed by atoms with Gasteiger partial charge in [-0.3, -0.25) is 4.79 Å². The van der Waals surface area contributed by atoms with Crippen molar-refractivity contribution in [3.05, 3.63) is 57.3 Å². The number of pyridine rings is 1. The molecule has 0 aliphatic rings. The fourth-order valence-electron chi connectivity index (χ4n) is 2.59. The second kappa shape index (κ2) is 7.77. The van der Waals surface area contributed by atoms with Crippen LogP contribution in [0.4, 0.5) is 5.82 Å². The Morgan fingerprint density at radius 2 is 2.21 bits per heavy atom. The number of nitrogens with zero attached hydrogens (tertiary/aromatic N) is 1. The van der Waals surface area contributed by atoms with Crippen molar-refractivity contribution in [2.45, 2.75) is 46.1 Å². The van der Waals surface area contributed by atoms with Gasteiger partial charge >= 0.3 is 5.63 Å². The van der Waals surface area contributed by atoms with Crippen molar-refractivity contribution >= 4 is 11.7 Å². The molecule has 0 fully saturated rings. The Kier molecular flexibility index (Phi) is 5.73. The molecule has 0 saturated carbocycles. The van der Waals surface area contributed by atoms with Gasteiger partial charge in [0.05, 0.1) is 0 Å². The Labute approximate surface area is 141 Å². The molecule has 1 atom stereocenters. The van der Waals surface area contributed by atoms with Gasteiger partial charge in [-0.25, -0.2) is 9.78 Å². The number of hydrogen-bond acceptors (Lipinski definition) is 5. The van der Waals surface area contributed by atoms with Crippen molar-refractivity contribution in [3.8, 4) is 0 Å². The van der Waals surface area contributed by atoms with Crippen LogP contribution in [0.15, 0.2) is 33.6 Å². The van der Waals surface area contributed by atoms with E-state index in [0.717, 1.165) is 12.8 Å². The fourth-order valence-corrected chi connectivity index (χ4v) is 2.59. The van der Waals surface area contributed by atoms with Crippen LogP contribution in [-0.2, 0) is 6.54 Å². The van der Waals surface area contributed by atoms with Crippen molar-refractivity contribution in [2.24, 2.45) is 0 Å². The molecule has 0 aliphatic carbocycles. The van der Waals surface area contributed by atoms with Crippen LogP contribution in [-0.4, -0.2) is 10.9 Å².